The number of carbonyl (C=O) groups excluding carboxylic acids is 2. The van der Waals surface area contributed by atoms with Crippen molar-refractivity contribution >= 4 is 17.4 Å². The summed E-state index contributed by atoms with van der Waals surface area (Å²) in [4.78, 5) is 29.9. The van der Waals surface area contributed by atoms with Crippen molar-refractivity contribution in [3.8, 4) is 11.5 Å². The van der Waals surface area contributed by atoms with Crippen LogP contribution in [0.1, 0.15) is 43.4 Å². The molecule has 0 unspecified atom stereocenters. The van der Waals surface area contributed by atoms with E-state index in [-0.39, 0.29) is 11.3 Å². The minimum atomic E-state index is -0.788. The smallest absolute Gasteiger partial charge is 0.295 e. The van der Waals surface area contributed by atoms with Gasteiger partial charge in [0.25, 0.3) is 11.7 Å². The van der Waals surface area contributed by atoms with Gasteiger partial charge in [-0.3, -0.25) is 9.59 Å². The number of rotatable bonds is 8. The molecule has 1 aromatic heterocycles. The molecule has 3 heterocycles. The molecule has 2 aromatic rings. The zero-order chi connectivity index (χ0) is 23.5. The SMILES string of the molecule is CCN(CC)CCCN1C(=O)C(=O)C(=C(O)c2ccc3c(c2)OCCO3)[C@H]1c1ccc(C)o1. The number of aliphatic hydroxyl groups excluding tert-OH is 1. The number of Topliss-reactive ketones (excluding diaryl/α,β-unsaturated/α-hetero) is 1. The van der Waals surface area contributed by atoms with Crippen molar-refractivity contribution in [2.45, 2.75) is 33.2 Å². The molecular formula is C25H30N2O6. The van der Waals surface area contributed by atoms with E-state index in [0.29, 0.717) is 54.8 Å². The Hall–Kier alpha value is -3.26. The van der Waals surface area contributed by atoms with Crippen molar-refractivity contribution < 1.29 is 28.6 Å². The molecule has 1 amide bonds. The Morgan fingerprint density at radius 1 is 1.09 bits per heavy atom. The van der Waals surface area contributed by atoms with Crippen LogP contribution in [0.4, 0.5) is 0 Å². The number of benzene rings is 1. The first-order valence-corrected chi connectivity index (χ1v) is 11.4. The van der Waals surface area contributed by atoms with Crippen molar-refractivity contribution in [1.29, 1.82) is 0 Å². The number of furan rings is 1. The number of aryl methyl sites for hydroxylation is 1. The molecule has 1 atom stereocenters. The van der Waals surface area contributed by atoms with Crippen LogP contribution >= 0.6 is 0 Å². The average molecular weight is 455 g/mol. The first-order valence-electron chi connectivity index (χ1n) is 11.4. The van der Waals surface area contributed by atoms with Gasteiger partial charge in [-0.2, -0.15) is 0 Å². The fourth-order valence-electron chi connectivity index (χ4n) is 4.36. The molecule has 8 heteroatoms. The largest absolute Gasteiger partial charge is 0.507 e. The van der Waals surface area contributed by atoms with E-state index in [1.165, 1.54) is 4.90 Å². The number of ether oxygens (including phenoxy) is 2. The van der Waals surface area contributed by atoms with Crippen molar-refractivity contribution in [2.75, 3.05) is 39.4 Å². The maximum Gasteiger partial charge on any atom is 0.295 e. The lowest BCUT2D eigenvalue weighted by Gasteiger charge is -2.25. The number of amides is 1. The van der Waals surface area contributed by atoms with Crippen LogP contribution in [0.5, 0.6) is 11.5 Å². The molecular weight excluding hydrogens is 424 g/mol. The van der Waals surface area contributed by atoms with Gasteiger partial charge in [-0.1, -0.05) is 13.8 Å². The fourth-order valence-corrected chi connectivity index (χ4v) is 4.36. The highest BCUT2D eigenvalue weighted by molar-refractivity contribution is 6.46. The lowest BCUT2D eigenvalue weighted by atomic mass is 9.99. The van der Waals surface area contributed by atoms with E-state index >= 15 is 0 Å². The monoisotopic (exact) mass is 454 g/mol. The molecule has 1 fully saturated rings. The fraction of sp³-hybridized carbons (Fsp3) is 0.440. The van der Waals surface area contributed by atoms with E-state index in [2.05, 4.69) is 18.7 Å². The molecule has 4 rings (SSSR count). The van der Waals surface area contributed by atoms with Gasteiger partial charge in [-0.05, 0) is 63.3 Å². The summed E-state index contributed by atoms with van der Waals surface area (Å²) in [5.41, 5.74) is 0.405. The molecule has 0 bridgehead atoms. The van der Waals surface area contributed by atoms with E-state index in [9.17, 15) is 14.7 Å². The number of ketones is 1. The van der Waals surface area contributed by atoms with Crippen LogP contribution in [0.2, 0.25) is 0 Å². The number of hydrogen-bond acceptors (Lipinski definition) is 7. The first kappa shape index (κ1) is 22.9. The molecule has 0 spiro atoms. The molecule has 1 aromatic carbocycles. The molecule has 1 N–H and O–H groups in total. The van der Waals surface area contributed by atoms with Crippen LogP contribution in [-0.2, 0) is 9.59 Å². The summed E-state index contributed by atoms with van der Waals surface area (Å²) in [7, 11) is 0. The molecule has 0 radical (unpaired) electrons. The van der Waals surface area contributed by atoms with E-state index in [0.717, 1.165) is 19.6 Å². The molecule has 176 valence electrons. The number of fused-ring (bicyclic) bond motifs is 1. The highest BCUT2D eigenvalue weighted by Gasteiger charge is 2.47. The molecule has 2 aliphatic rings. The molecule has 33 heavy (non-hydrogen) atoms. The summed E-state index contributed by atoms with van der Waals surface area (Å²) < 4.78 is 17.0. The summed E-state index contributed by atoms with van der Waals surface area (Å²) in [5, 5.41) is 11.2. The van der Waals surface area contributed by atoms with E-state index in [4.69, 9.17) is 13.9 Å². The Balaban J connectivity index is 1.71. The standard InChI is InChI=1S/C25H30N2O6/c1-4-26(5-2)11-6-12-27-22(19-9-7-16(3)33-19)21(24(29)25(27)30)23(28)17-8-10-18-20(15-17)32-14-13-31-18/h7-10,15,22,28H,4-6,11-14H2,1-3H3/t22-/m1/s1. The number of aliphatic hydroxyl groups is 1. The molecule has 0 saturated carbocycles. The average Bonchev–Trinajstić information content (AvgIpc) is 3.37. The second-order valence-electron chi connectivity index (χ2n) is 8.18. The van der Waals surface area contributed by atoms with Crippen molar-refractivity contribution in [2.24, 2.45) is 0 Å². The molecule has 8 nitrogen and oxygen atoms in total. The Labute approximate surface area is 193 Å². The highest BCUT2D eigenvalue weighted by atomic mass is 16.6. The lowest BCUT2D eigenvalue weighted by Crippen LogP contribution is -2.33. The summed E-state index contributed by atoms with van der Waals surface area (Å²) >= 11 is 0. The van der Waals surface area contributed by atoms with E-state index in [1.54, 1.807) is 37.3 Å². The number of carbonyl (C=O) groups is 2. The van der Waals surface area contributed by atoms with Gasteiger partial charge in [0.15, 0.2) is 11.5 Å². The van der Waals surface area contributed by atoms with Gasteiger partial charge >= 0.3 is 0 Å². The van der Waals surface area contributed by atoms with Crippen LogP contribution < -0.4 is 9.47 Å². The van der Waals surface area contributed by atoms with Crippen molar-refractivity contribution in [3.63, 3.8) is 0 Å². The van der Waals surface area contributed by atoms with E-state index in [1.807, 2.05) is 0 Å². The van der Waals surface area contributed by atoms with Crippen molar-refractivity contribution in [1.82, 2.24) is 9.80 Å². The van der Waals surface area contributed by atoms with Crippen LogP contribution in [0, 0.1) is 6.92 Å². The summed E-state index contributed by atoms with van der Waals surface area (Å²) in [6.07, 6.45) is 0.703. The maximum atomic E-state index is 13.1. The van der Waals surface area contributed by atoms with Gasteiger partial charge in [0.05, 0.1) is 5.57 Å². The second kappa shape index (κ2) is 9.70. The van der Waals surface area contributed by atoms with Crippen LogP contribution in [0.3, 0.4) is 0 Å². The van der Waals surface area contributed by atoms with Crippen LogP contribution in [0.15, 0.2) is 40.3 Å². The molecule has 1 saturated heterocycles. The Morgan fingerprint density at radius 3 is 2.48 bits per heavy atom. The molecule has 0 aliphatic carbocycles. The molecule has 2 aliphatic heterocycles. The predicted octanol–water partition coefficient (Wildman–Crippen LogP) is 3.51. The second-order valence-corrected chi connectivity index (χ2v) is 8.18. The topological polar surface area (TPSA) is 92.5 Å². The predicted molar refractivity (Wildman–Crippen MR) is 122 cm³/mol. The van der Waals surface area contributed by atoms with Gasteiger partial charge < -0.3 is 28.8 Å². The normalized spacial score (nSPS) is 19.5. The maximum absolute atomic E-state index is 13.1. The zero-order valence-corrected chi connectivity index (χ0v) is 19.3. The number of likely N-dealkylation sites (tertiary alicyclic amines) is 1. The third-order valence-electron chi connectivity index (χ3n) is 6.15. The highest BCUT2D eigenvalue weighted by Crippen LogP contribution is 2.41. The van der Waals surface area contributed by atoms with Gasteiger partial charge in [0, 0.05) is 12.1 Å². The summed E-state index contributed by atoms with van der Waals surface area (Å²) in [5.74, 6) is 0.580. The quantitative estimate of drug-likeness (QED) is 0.371. The lowest BCUT2D eigenvalue weighted by molar-refractivity contribution is -0.140. The van der Waals surface area contributed by atoms with Crippen LogP contribution in [-0.4, -0.2) is 66.0 Å². The third-order valence-corrected chi connectivity index (χ3v) is 6.15. The minimum Gasteiger partial charge on any atom is -0.507 e. The van der Waals surface area contributed by atoms with E-state index < -0.39 is 17.7 Å². The Bertz CT molecular complexity index is 1070. The van der Waals surface area contributed by atoms with Gasteiger partial charge in [-0.15, -0.1) is 0 Å². The number of nitrogens with zero attached hydrogens (tertiary/aromatic N) is 2. The van der Waals surface area contributed by atoms with Gasteiger partial charge in [-0.25, -0.2) is 0 Å². The van der Waals surface area contributed by atoms with Gasteiger partial charge in [0.1, 0.15) is 36.5 Å². The summed E-state index contributed by atoms with van der Waals surface area (Å²) in [6, 6.07) is 7.72. The Kier molecular flexibility index (Phi) is 6.74. The van der Waals surface area contributed by atoms with Crippen molar-refractivity contribution in [3.05, 3.63) is 53.0 Å². The summed E-state index contributed by atoms with van der Waals surface area (Å²) in [6.45, 7) is 9.86. The minimum absolute atomic E-state index is 0.0221. The van der Waals surface area contributed by atoms with Crippen LogP contribution in [0.25, 0.3) is 5.76 Å². The first-order chi connectivity index (χ1) is 15.9. The third kappa shape index (κ3) is 4.48. The van der Waals surface area contributed by atoms with Gasteiger partial charge in [0.2, 0.25) is 0 Å². The number of hydrogen-bond donors (Lipinski definition) is 1. The Morgan fingerprint density at radius 2 is 1.82 bits per heavy atom. The zero-order valence-electron chi connectivity index (χ0n) is 19.3.